The van der Waals surface area contributed by atoms with E-state index in [-0.39, 0.29) is 6.42 Å². The second-order valence-electron chi connectivity index (χ2n) is 5.17. The van der Waals surface area contributed by atoms with Crippen LogP contribution in [-0.4, -0.2) is 22.5 Å². The summed E-state index contributed by atoms with van der Waals surface area (Å²) in [4.78, 5) is 14.8. The summed E-state index contributed by atoms with van der Waals surface area (Å²) in [5, 5.41) is 11.1. The molecule has 0 saturated heterocycles. The Morgan fingerprint density at radius 1 is 1.25 bits per heavy atom. The zero-order valence-corrected chi connectivity index (χ0v) is 12.0. The van der Waals surface area contributed by atoms with E-state index in [1.165, 1.54) is 10.4 Å². The molecule has 104 valence electrons. The Morgan fingerprint density at radius 2 is 2.05 bits per heavy atom. The first kappa shape index (κ1) is 13.3. The quantitative estimate of drug-likeness (QED) is 0.940. The van der Waals surface area contributed by atoms with Gasteiger partial charge >= 0.3 is 5.97 Å². The lowest BCUT2D eigenvalue weighted by atomic mass is 10.0. The van der Waals surface area contributed by atoms with Gasteiger partial charge in [0.2, 0.25) is 0 Å². The highest BCUT2D eigenvalue weighted by Crippen LogP contribution is 2.25. The molecule has 1 N–H and O–H groups in total. The third-order valence-corrected chi connectivity index (χ3v) is 4.76. The van der Waals surface area contributed by atoms with Crippen molar-refractivity contribution in [1.82, 2.24) is 4.90 Å². The lowest BCUT2D eigenvalue weighted by Gasteiger charge is -2.27. The number of hydrogen-bond donors (Lipinski definition) is 1. The zero-order chi connectivity index (χ0) is 13.9. The van der Waals surface area contributed by atoms with E-state index in [0.717, 1.165) is 37.2 Å². The summed E-state index contributed by atoms with van der Waals surface area (Å²) in [6.07, 6.45) is 1.21. The van der Waals surface area contributed by atoms with E-state index in [9.17, 15) is 4.79 Å². The summed E-state index contributed by atoms with van der Waals surface area (Å²) in [6, 6.07) is 10.1. The van der Waals surface area contributed by atoms with Crippen LogP contribution < -0.4 is 0 Å². The second-order valence-corrected chi connectivity index (χ2v) is 6.17. The first-order valence-corrected chi connectivity index (χ1v) is 7.66. The topological polar surface area (TPSA) is 40.5 Å². The summed E-state index contributed by atoms with van der Waals surface area (Å²) in [5.74, 6) is -0.767. The standard InChI is InChI=1S/C16H17NO2S/c18-16(19)9-12-3-1-2-4-13(12)10-17-7-5-15-14(11-17)6-8-20-15/h1-4,6,8H,5,7,9-11H2,(H,18,19). The number of carboxylic acid groups (broad SMARTS) is 1. The van der Waals surface area contributed by atoms with Crippen LogP contribution in [0.3, 0.4) is 0 Å². The van der Waals surface area contributed by atoms with Crippen molar-refractivity contribution in [3.05, 3.63) is 57.3 Å². The molecule has 1 aliphatic rings. The van der Waals surface area contributed by atoms with Crippen LogP contribution in [0.4, 0.5) is 0 Å². The van der Waals surface area contributed by atoms with Crippen molar-refractivity contribution >= 4 is 17.3 Å². The number of carbonyl (C=O) groups is 1. The minimum atomic E-state index is -0.767. The highest BCUT2D eigenvalue weighted by molar-refractivity contribution is 7.10. The van der Waals surface area contributed by atoms with E-state index in [1.54, 1.807) is 0 Å². The normalized spacial score (nSPS) is 15.0. The molecule has 0 aliphatic carbocycles. The average molecular weight is 287 g/mol. The fourth-order valence-electron chi connectivity index (χ4n) is 2.73. The molecular weight excluding hydrogens is 270 g/mol. The molecule has 4 heteroatoms. The second kappa shape index (κ2) is 5.77. The SMILES string of the molecule is O=C(O)Cc1ccccc1CN1CCc2sccc2C1. The van der Waals surface area contributed by atoms with Crippen molar-refractivity contribution in [2.24, 2.45) is 0 Å². The van der Waals surface area contributed by atoms with Crippen molar-refractivity contribution in [3.8, 4) is 0 Å². The molecule has 1 aromatic carbocycles. The monoisotopic (exact) mass is 287 g/mol. The predicted octanol–water partition coefficient (Wildman–Crippen LogP) is 2.93. The van der Waals surface area contributed by atoms with Gasteiger partial charge < -0.3 is 5.11 Å². The Morgan fingerprint density at radius 3 is 2.85 bits per heavy atom. The maximum absolute atomic E-state index is 10.9. The summed E-state index contributed by atoms with van der Waals surface area (Å²) < 4.78 is 0. The first-order chi connectivity index (χ1) is 9.72. The van der Waals surface area contributed by atoms with Gasteiger partial charge in [0.1, 0.15) is 0 Å². The molecule has 3 nitrogen and oxygen atoms in total. The fraction of sp³-hybridized carbons (Fsp3) is 0.312. The molecule has 0 atom stereocenters. The summed E-state index contributed by atoms with van der Waals surface area (Å²) in [6.45, 7) is 2.86. The van der Waals surface area contributed by atoms with Crippen LogP contribution >= 0.6 is 11.3 Å². The maximum atomic E-state index is 10.9. The number of aliphatic carboxylic acids is 1. The summed E-state index contributed by atoms with van der Waals surface area (Å²) in [7, 11) is 0. The van der Waals surface area contributed by atoms with E-state index in [0.29, 0.717) is 0 Å². The molecule has 0 fully saturated rings. The van der Waals surface area contributed by atoms with Gasteiger partial charge in [0.25, 0.3) is 0 Å². The molecule has 2 heterocycles. The minimum absolute atomic E-state index is 0.105. The van der Waals surface area contributed by atoms with Crippen molar-refractivity contribution in [2.75, 3.05) is 6.54 Å². The third kappa shape index (κ3) is 2.92. The van der Waals surface area contributed by atoms with Gasteiger partial charge in [-0.1, -0.05) is 24.3 Å². The molecule has 2 aromatic rings. The molecule has 1 aromatic heterocycles. The van der Waals surface area contributed by atoms with Gasteiger partial charge in [-0.25, -0.2) is 0 Å². The van der Waals surface area contributed by atoms with Gasteiger partial charge in [-0.2, -0.15) is 0 Å². The van der Waals surface area contributed by atoms with Gasteiger partial charge in [-0.3, -0.25) is 9.69 Å². The molecule has 0 spiro atoms. The van der Waals surface area contributed by atoms with Crippen LogP contribution in [0.25, 0.3) is 0 Å². The van der Waals surface area contributed by atoms with Crippen LogP contribution in [0.15, 0.2) is 35.7 Å². The Hall–Kier alpha value is -1.65. The number of carboxylic acids is 1. The van der Waals surface area contributed by atoms with Crippen molar-refractivity contribution in [2.45, 2.75) is 25.9 Å². The molecule has 0 radical (unpaired) electrons. The third-order valence-electron chi connectivity index (χ3n) is 3.74. The van der Waals surface area contributed by atoms with Crippen LogP contribution in [0.1, 0.15) is 21.6 Å². The van der Waals surface area contributed by atoms with Crippen LogP contribution in [0.5, 0.6) is 0 Å². The van der Waals surface area contributed by atoms with E-state index in [1.807, 2.05) is 35.6 Å². The Bertz CT molecular complexity index is 620. The van der Waals surface area contributed by atoms with E-state index >= 15 is 0 Å². The number of hydrogen-bond acceptors (Lipinski definition) is 3. The lowest BCUT2D eigenvalue weighted by molar-refractivity contribution is -0.136. The molecule has 20 heavy (non-hydrogen) atoms. The number of fused-ring (bicyclic) bond motifs is 1. The molecule has 1 aliphatic heterocycles. The molecule has 3 rings (SSSR count). The molecule has 0 amide bonds. The molecule has 0 saturated carbocycles. The maximum Gasteiger partial charge on any atom is 0.307 e. The fourth-order valence-corrected chi connectivity index (χ4v) is 3.62. The highest BCUT2D eigenvalue weighted by atomic mass is 32.1. The van der Waals surface area contributed by atoms with Gasteiger partial charge in [0, 0.05) is 24.5 Å². The van der Waals surface area contributed by atoms with Crippen molar-refractivity contribution in [1.29, 1.82) is 0 Å². The number of benzene rings is 1. The van der Waals surface area contributed by atoms with Gasteiger partial charge in [-0.15, -0.1) is 11.3 Å². The average Bonchev–Trinajstić information content (AvgIpc) is 2.88. The lowest BCUT2D eigenvalue weighted by Crippen LogP contribution is -2.29. The number of nitrogens with zero attached hydrogens (tertiary/aromatic N) is 1. The molecular formula is C16H17NO2S. The molecule has 0 bridgehead atoms. The zero-order valence-electron chi connectivity index (χ0n) is 11.2. The van der Waals surface area contributed by atoms with Gasteiger partial charge in [-0.05, 0) is 34.6 Å². The minimum Gasteiger partial charge on any atom is -0.481 e. The Kier molecular flexibility index (Phi) is 3.85. The predicted molar refractivity (Wildman–Crippen MR) is 79.9 cm³/mol. The van der Waals surface area contributed by atoms with Crippen LogP contribution in [-0.2, 0) is 30.7 Å². The van der Waals surface area contributed by atoms with E-state index in [4.69, 9.17) is 5.11 Å². The summed E-state index contributed by atoms with van der Waals surface area (Å²) >= 11 is 1.84. The summed E-state index contributed by atoms with van der Waals surface area (Å²) in [5.41, 5.74) is 3.49. The first-order valence-electron chi connectivity index (χ1n) is 6.78. The smallest absolute Gasteiger partial charge is 0.307 e. The Balaban J connectivity index is 1.74. The van der Waals surface area contributed by atoms with E-state index < -0.39 is 5.97 Å². The van der Waals surface area contributed by atoms with Crippen LogP contribution in [0, 0.1) is 0 Å². The Labute approximate surface area is 122 Å². The number of rotatable bonds is 4. The van der Waals surface area contributed by atoms with Crippen molar-refractivity contribution in [3.63, 3.8) is 0 Å². The van der Waals surface area contributed by atoms with Gasteiger partial charge in [0.05, 0.1) is 6.42 Å². The largest absolute Gasteiger partial charge is 0.481 e. The van der Waals surface area contributed by atoms with Crippen LogP contribution in [0.2, 0.25) is 0 Å². The van der Waals surface area contributed by atoms with Gasteiger partial charge in [0.15, 0.2) is 0 Å². The molecule has 0 unspecified atom stereocenters. The number of thiophene rings is 1. The highest BCUT2D eigenvalue weighted by Gasteiger charge is 2.18. The van der Waals surface area contributed by atoms with Crippen molar-refractivity contribution < 1.29 is 9.90 Å². The van der Waals surface area contributed by atoms with E-state index in [2.05, 4.69) is 16.3 Å².